The van der Waals surface area contributed by atoms with Gasteiger partial charge in [0.15, 0.2) is 0 Å². The second-order valence-corrected chi connectivity index (χ2v) is 10.1. The van der Waals surface area contributed by atoms with Gasteiger partial charge in [-0.2, -0.15) is 0 Å². The Balaban J connectivity index is 2.09. The predicted molar refractivity (Wildman–Crippen MR) is 114 cm³/mol. The van der Waals surface area contributed by atoms with Crippen LogP contribution in [0, 0.1) is 0 Å². The molecular weight excluding hydrogens is 351 g/mol. The molecule has 0 atom stereocenters. The van der Waals surface area contributed by atoms with E-state index < -0.39 is 7.06 Å². The molecule has 0 aliphatic carbocycles. The van der Waals surface area contributed by atoms with E-state index in [1.165, 1.54) is 0 Å². The van der Waals surface area contributed by atoms with Crippen LogP contribution in [0.1, 0.15) is 0 Å². The summed E-state index contributed by atoms with van der Waals surface area (Å²) in [4.78, 5) is 12.7. The average molecular weight is 372 g/mol. The van der Waals surface area contributed by atoms with E-state index in [9.17, 15) is 4.89 Å². The molecule has 0 saturated carbocycles. The summed E-state index contributed by atoms with van der Waals surface area (Å²) >= 11 is 0. The second kappa shape index (κ2) is 7.00. The molecule has 1 N–H and O–H groups in total. The summed E-state index contributed by atoms with van der Waals surface area (Å²) in [7, 11) is -4.18. The minimum absolute atomic E-state index is 0.634. The summed E-state index contributed by atoms with van der Waals surface area (Å²) in [5.74, 6) is 0.634. The van der Waals surface area contributed by atoms with Crippen LogP contribution in [0.2, 0.25) is 0 Å². The fraction of sp³-hybridized carbons (Fsp3) is 0. The van der Waals surface area contributed by atoms with Gasteiger partial charge in [-0.05, 0) is 0 Å². The van der Waals surface area contributed by atoms with Crippen LogP contribution in [0.3, 0.4) is 0 Å². The molecule has 134 valence electrons. The van der Waals surface area contributed by atoms with Crippen molar-refractivity contribution in [2.24, 2.45) is 0 Å². The summed E-state index contributed by atoms with van der Waals surface area (Å²) in [6.45, 7) is 0. The maximum atomic E-state index is 12.7. The molecule has 4 aromatic rings. The first-order valence-electron chi connectivity index (χ1n) is 8.90. The molecule has 0 aromatic heterocycles. The van der Waals surface area contributed by atoms with E-state index in [4.69, 9.17) is 4.52 Å². The van der Waals surface area contributed by atoms with Gasteiger partial charge in [0.05, 0.1) is 0 Å². The molecule has 0 aliphatic heterocycles. The predicted octanol–water partition coefficient (Wildman–Crippen LogP) is 4.42. The van der Waals surface area contributed by atoms with E-state index in [1.54, 1.807) is 0 Å². The Morgan fingerprint density at radius 1 is 0.444 bits per heavy atom. The maximum absolute atomic E-state index is 12.7. The van der Waals surface area contributed by atoms with E-state index in [0.717, 1.165) is 15.9 Å². The standard InChI is InChI=1S/C24H21O2P/c25-27(22-15-7-2-8-16-22,23-17-9-3-10-18-23,24-19-11-4-12-20-24)26-21-13-5-1-6-14-21/h1-20,25H. The zero-order valence-corrected chi connectivity index (χ0v) is 15.7. The van der Waals surface area contributed by atoms with Crippen LogP contribution in [0.25, 0.3) is 0 Å². The molecule has 0 fully saturated rings. The van der Waals surface area contributed by atoms with Gasteiger partial charge in [0.25, 0.3) is 0 Å². The van der Waals surface area contributed by atoms with Crippen molar-refractivity contribution in [1.29, 1.82) is 0 Å². The second-order valence-electron chi connectivity index (χ2n) is 6.40. The Bertz CT molecular complexity index is 904. The number of para-hydroxylation sites is 1. The van der Waals surface area contributed by atoms with Crippen molar-refractivity contribution in [2.75, 3.05) is 0 Å². The Hall–Kier alpha value is -2.93. The van der Waals surface area contributed by atoms with E-state index in [1.807, 2.05) is 121 Å². The zero-order chi connectivity index (χ0) is 18.6. The van der Waals surface area contributed by atoms with Crippen LogP contribution in [-0.4, -0.2) is 4.89 Å². The van der Waals surface area contributed by atoms with E-state index in [-0.39, 0.29) is 0 Å². The van der Waals surface area contributed by atoms with Gasteiger partial charge in [-0.1, -0.05) is 0 Å². The SMILES string of the molecule is OP(Oc1ccccc1)(c1ccccc1)(c1ccccc1)c1ccccc1. The van der Waals surface area contributed by atoms with Gasteiger partial charge >= 0.3 is 159 Å². The van der Waals surface area contributed by atoms with Gasteiger partial charge < -0.3 is 0 Å². The van der Waals surface area contributed by atoms with Gasteiger partial charge in [-0.15, -0.1) is 0 Å². The summed E-state index contributed by atoms with van der Waals surface area (Å²) in [6.07, 6.45) is 0. The quantitative estimate of drug-likeness (QED) is 0.526. The Labute approximate surface area is 159 Å². The van der Waals surface area contributed by atoms with Crippen molar-refractivity contribution < 1.29 is 9.42 Å². The summed E-state index contributed by atoms with van der Waals surface area (Å²) in [5.41, 5.74) is 0. The fourth-order valence-electron chi connectivity index (χ4n) is 3.41. The molecule has 0 radical (unpaired) electrons. The Morgan fingerprint density at radius 2 is 0.741 bits per heavy atom. The average Bonchev–Trinajstić information content (AvgIpc) is 2.76. The molecule has 0 aliphatic rings. The molecule has 27 heavy (non-hydrogen) atoms. The molecule has 0 heterocycles. The molecule has 4 rings (SSSR count). The normalized spacial score (nSPS) is 12.7. The van der Waals surface area contributed by atoms with Gasteiger partial charge in [-0.25, -0.2) is 0 Å². The number of benzene rings is 4. The van der Waals surface area contributed by atoms with Crippen LogP contribution in [-0.2, 0) is 0 Å². The van der Waals surface area contributed by atoms with Crippen LogP contribution < -0.4 is 20.4 Å². The summed E-state index contributed by atoms with van der Waals surface area (Å²) < 4.78 is 6.63. The number of rotatable bonds is 5. The third-order valence-corrected chi connectivity index (χ3v) is 9.07. The molecule has 0 amide bonds. The molecule has 3 heteroatoms. The molecule has 0 bridgehead atoms. The van der Waals surface area contributed by atoms with Crippen molar-refractivity contribution in [3.8, 4) is 5.75 Å². The number of hydrogen-bond acceptors (Lipinski definition) is 2. The third-order valence-electron chi connectivity index (χ3n) is 4.73. The molecule has 4 aromatic carbocycles. The van der Waals surface area contributed by atoms with Gasteiger partial charge in [-0.3, -0.25) is 0 Å². The molecule has 0 saturated heterocycles. The molecule has 0 spiro atoms. The third kappa shape index (κ3) is 2.94. The fourth-order valence-corrected chi connectivity index (χ4v) is 7.32. The van der Waals surface area contributed by atoms with Crippen molar-refractivity contribution in [3.05, 3.63) is 121 Å². The Kier molecular flexibility index (Phi) is 4.53. The monoisotopic (exact) mass is 372 g/mol. The van der Waals surface area contributed by atoms with E-state index in [2.05, 4.69) is 0 Å². The molecule has 2 nitrogen and oxygen atoms in total. The first-order valence-corrected chi connectivity index (χ1v) is 11.0. The van der Waals surface area contributed by atoms with Crippen LogP contribution in [0.5, 0.6) is 5.75 Å². The van der Waals surface area contributed by atoms with Crippen LogP contribution >= 0.6 is 7.06 Å². The zero-order valence-electron chi connectivity index (χ0n) is 14.8. The number of hydrogen-bond donors (Lipinski definition) is 1. The van der Waals surface area contributed by atoms with Crippen molar-refractivity contribution in [2.45, 2.75) is 0 Å². The minimum atomic E-state index is -4.18. The molecular formula is C24H21O2P. The van der Waals surface area contributed by atoms with Crippen molar-refractivity contribution >= 4 is 23.0 Å². The topological polar surface area (TPSA) is 29.5 Å². The van der Waals surface area contributed by atoms with Crippen molar-refractivity contribution in [1.82, 2.24) is 0 Å². The Morgan fingerprint density at radius 3 is 1.07 bits per heavy atom. The van der Waals surface area contributed by atoms with Gasteiger partial charge in [0.2, 0.25) is 0 Å². The van der Waals surface area contributed by atoms with Gasteiger partial charge in [0, 0.05) is 0 Å². The molecule has 0 unspecified atom stereocenters. The van der Waals surface area contributed by atoms with Gasteiger partial charge in [0.1, 0.15) is 0 Å². The summed E-state index contributed by atoms with van der Waals surface area (Å²) in [6, 6.07) is 38.7. The van der Waals surface area contributed by atoms with Crippen LogP contribution in [0.4, 0.5) is 0 Å². The van der Waals surface area contributed by atoms with Crippen LogP contribution in [0.15, 0.2) is 121 Å². The first-order chi connectivity index (χ1) is 13.2. The van der Waals surface area contributed by atoms with E-state index >= 15 is 0 Å². The first kappa shape index (κ1) is 17.5. The van der Waals surface area contributed by atoms with E-state index in [0.29, 0.717) is 5.75 Å². The van der Waals surface area contributed by atoms with Crippen molar-refractivity contribution in [3.63, 3.8) is 0 Å². The summed E-state index contributed by atoms with van der Waals surface area (Å²) in [5, 5.41) is 2.30.